The summed E-state index contributed by atoms with van der Waals surface area (Å²) in [6.07, 6.45) is 0. The molecule has 0 aliphatic carbocycles. The van der Waals surface area contributed by atoms with Crippen molar-refractivity contribution in [1.29, 1.82) is 0 Å². The van der Waals surface area contributed by atoms with Crippen LogP contribution in [0.25, 0.3) is 21.7 Å². The van der Waals surface area contributed by atoms with E-state index in [9.17, 15) is 0 Å². The fourth-order valence-corrected chi connectivity index (χ4v) is 7.06. The summed E-state index contributed by atoms with van der Waals surface area (Å²) < 4.78 is 0. The number of nitrogens with zero attached hydrogens (tertiary/aromatic N) is 2. The van der Waals surface area contributed by atoms with Crippen LogP contribution in [0.15, 0.2) is 138 Å². The smallest absolute Gasteiger partial charge is 0.0849 e. The molecule has 0 spiro atoms. The molecule has 0 aliphatic heterocycles. The number of hydrogen-bond donors (Lipinski definition) is 0. The molecule has 6 aromatic rings. The zero-order chi connectivity index (χ0) is 24.3. The number of aliphatic imine (C=N–C) groups is 1. The number of hydrogen-bond acceptors (Lipinski definition) is 2. The van der Waals surface area contributed by atoms with Gasteiger partial charge in [0.05, 0.1) is 22.6 Å². The van der Waals surface area contributed by atoms with Crippen LogP contribution >= 0.6 is 7.92 Å². The SMILES string of the molecule is CC(=Nc1cccc2ccccc12)c1ccc2cccc(P(c3ccccc3)c3ccccc3)c2n1. The molecule has 172 valence electrons. The average molecular weight is 481 g/mol. The van der Waals surface area contributed by atoms with Gasteiger partial charge in [-0.25, -0.2) is 4.98 Å². The van der Waals surface area contributed by atoms with Gasteiger partial charge in [0.25, 0.3) is 0 Å². The quantitative estimate of drug-likeness (QED) is 0.188. The lowest BCUT2D eigenvalue weighted by atomic mass is 10.1. The number of benzene rings is 5. The predicted octanol–water partition coefficient (Wildman–Crippen LogP) is 7.29. The molecule has 0 radical (unpaired) electrons. The molecule has 1 aromatic heterocycles. The minimum atomic E-state index is -0.751. The topological polar surface area (TPSA) is 25.2 Å². The Bertz CT molecular complexity index is 1650. The second kappa shape index (κ2) is 9.85. The number of aromatic nitrogens is 1. The van der Waals surface area contributed by atoms with E-state index in [1.165, 1.54) is 21.3 Å². The van der Waals surface area contributed by atoms with Gasteiger partial charge in [-0.15, -0.1) is 0 Å². The van der Waals surface area contributed by atoms with Crippen LogP contribution in [-0.2, 0) is 0 Å². The molecule has 0 bridgehead atoms. The monoisotopic (exact) mass is 480 g/mol. The van der Waals surface area contributed by atoms with Gasteiger partial charge in [-0.2, -0.15) is 0 Å². The number of pyridine rings is 1. The van der Waals surface area contributed by atoms with E-state index in [-0.39, 0.29) is 0 Å². The standard InChI is InChI=1S/C33H25N2P/c1-24(34-31-20-10-13-25-12-8-9-19-29(25)31)30-23-22-26-14-11-21-32(33(26)35-30)36(27-15-4-2-5-16-27)28-17-6-3-7-18-28/h2-23H,1H3. The summed E-state index contributed by atoms with van der Waals surface area (Å²) in [5.74, 6) is 0. The highest BCUT2D eigenvalue weighted by molar-refractivity contribution is 7.80. The maximum Gasteiger partial charge on any atom is 0.0849 e. The maximum absolute atomic E-state index is 5.21. The molecule has 0 atom stereocenters. The largest absolute Gasteiger partial charge is 0.251 e. The van der Waals surface area contributed by atoms with Gasteiger partial charge in [0.1, 0.15) is 0 Å². The van der Waals surface area contributed by atoms with Gasteiger partial charge < -0.3 is 0 Å². The number of para-hydroxylation sites is 1. The molecule has 0 N–H and O–H groups in total. The van der Waals surface area contributed by atoms with Crippen LogP contribution in [0.5, 0.6) is 0 Å². The van der Waals surface area contributed by atoms with Crippen molar-refractivity contribution in [3.63, 3.8) is 0 Å². The van der Waals surface area contributed by atoms with Crippen molar-refractivity contribution in [3.05, 3.63) is 139 Å². The van der Waals surface area contributed by atoms with Gasteiger partial charge >= 0.3 is 0 Å². The van der Waals surface area contributed by atoms with Crippen LogP contribution in [0.1, 0.15) is 12.6 Å². The van der Waals surface area contributed by atoms with Gasteiger partial charge in [-0.3, -0.25) is 4.99 Å². The van der Waals surface area contributed by atoms with E-state index in [0.717, 1.165) is 33.4 Å². The van der Waals surface area contributed by atoms with Crippen LogP contribution in [0.3, 0.4) is 0 Å². The van der Waals surface area contributed by atoms with E-state index in [1.54, 1.807) is 0 Å². The van der Waals surface area contributed by atoms with E-state index in [4.69, 9.17) is 9.98 Å². The molecule has 6 rings (SSSR count). The van der Waals surface area contributed by atoms with Crippen molar-refractivity contribution < 1.29 is 0 Å². The fourth-order valence-electron chi connectivity index (χ4n) is 4.64. The third-order valence-electron chi connectivity index (χ3n) is 6.39. The van der Waals surface area contributed by atoms with Crippen molar-refractivity contribution in [3.8, 4) is 0 Å². The molecule has 0 saturated carbocycles. The fraction of sp³-hybridized carbons (Fsp3) is 0.0303. The minimum Gasteiger partial charge on any atom is -0.251 e. The van der Waals surface area contributed by atoms with Gasteiger partial charge in [0, 0.05) is 16.1 Å². The van der Waals surface area contributed by atoms with E-state index < -0.39 is 7.92 Å². The summed E-state index contributed by atoms with van der Waals surface area (Å²) >= 11 is 0. The van der Waals surface area contributed by atoms with Crippen LogP contribution < -0.4 is 15.9 Å². The van der Waals surface area contributed by atoms with E-state index in [0.29, 0.717) is 0 Å². The van der Waals surface area contributed by atoms with Gasteiger partial charge in [-0.1, -0.05) is 121 Å². The van der Waals surface area contributed by atoms with E-state index in [2.05, 4.69) is 140 Å². The summed E-state index contributed by atoms with van der Waals surface area (Å²) in [5, 5.41) is 7.39. The number of fused-ring (bicyclic) bond motifs is 2. The first kappa shape index (κ1) is 22.3. The highest BCUT2D eigenvalue weighted by Crippen LogP contribution is 2.35. The van der Waals surface area contributed by atoms with Crippen LogP contribution in [0.2, 0.25) is 0 Å². The highest BCUT2D eigenvalue weighted by Gasteiger charge is 2.19. The van der Waals surface area contributed by atoms with Gasteiger partial charge in [0.15, 0.2) is 0 Å². The number of rotatable bonds is 5. The summed E-state index contributed by atoms with van der Waals surface area (Å²) in [6.45, 7) is 2.05. The lowest BCUT2D eigenvalue weighted by Crippen LogP contribution is -2.22. The summed E-state index contributed by atoms with van der Waals surface area (Å²) in [5.41, 5.74) is 3.82. The zero-order valence-corrected chi connectivity index (χ0v) is 20.9. The van der Waals surface area contributed by atoms with Gasteiger partial charge in [-0.05, 0) is 43.0 Å². The van der Waals surface area contributed by atoms with Crippen molar-refractivity contribution in [2.24, 2.45) is 4.99 Å². The van der Waals surface area contributed by atoms with Crippen molar-refractivity contribution >= 4 is 56.9 Å². The third-order valence-corrected chi connectivity index (χ3v) is 8.87. The van der Waals surface area contributed by atoms with E-state index in [1.807, 2.05) is 0 Å². The first-order valence-electron chi connectivity index (χ1n) is 12.1. The molecule has 0 unspecified atom stereocenters. The molecular formula is C33H25N2P. The van der Waals surface area contributed by atoms with E-state index >= 15 is 0 Å². The zero-order valence-electron chi connectivity index (χ0n) is 20.0. The van der Waals surface area contributed by atoms with Crippen molar-refractivity contribution in [2.75, 3.05) is 0 Å². The summed E-state index contributed by atoms with van der Waals surface area (Å²) in [4.78, 5) is 10.2. The summed E-state index contributed by atoms with van der Waals surface area (Å²) in [7, 11) is -0.751. The molecule has 0 saturated heterocycles. The molecule has 0 aliphatic rings. The molecule has 0 fully saturated rings. The molecule has 3 heteroatoms. The van der Waals surface area contributed by atoms with Crippen LogP contribution in [0, 0.1) is 0 Å². The first-order chi connectivity index (χ1) is 17.8. The average Bonchev–Trinajstić information content (AvgIpc) is 2.94. The van der Waals surface area contributed by atoms with Crippen molar-refractivity contribution in [2.45, 2.75) is 6.92 Å². The molecule has 2 nitrogen and oxygen atoms in total. The minimum absolute atomic E-state index is 0.751. The summed E-state index contributed by atoms with van der Waals surface area (Å²) in [6, 6.07) is 47.0. The maximum atomic E-state index is 5.21. The molecule has 1 heterocycles. The lowest BCUT2D eigenvalue weighted by molar-refractivity contribution is 1.35. The Morgan fingerprint density at radius 1 is 0.583 bits per heavy atom. The Kier molecular flexibility index (Phi) is 6.11. The Hall–Kier alpha value is -4.13. The second-order valence-corrected chi connectivity index (χ2v) is 10.9. The normalized spacial score (nSPS) is 11.9. The van der Waals surface area contributed by atoms with Crippen LogP contribution in [-0.4, -0.2) is 10.7 Å². The second-order valence-electron chi connectivity index (χ2n) is 8.75. The molecule has 0 amide bonds. The predicted molar refractivity (Wildman–Crippen MR) is 156 cm³/mol. The highest BCUT2D eigenvalue weighted by atomic mass is 31.1. The Morgan fingerprint density at radius 2 is 1.19 bits per heavy atom. The third kappa shape index (κ3) is 4.33. The molecule has 36 heavy (non-hydrogen) atoms. The van der Waals surface area contributed by atoms with Gasteiger partial charge in [0.2, 0.25) is 0 Å². The van der Waals surface area contributed by atoms with Crippen molar-refractivity contribution in [1.82, 2.24) is 4.98 Å². The van der Waals surface area contributed by atoms with Crippen LogP contribution in [0.4, 0.5) is 5.69 Å². The lowest BCUT2D eigenvalue weighted by Gasteiger charge is -2.21. The molecule has 5 aromatic carbocycles. The Labute approximate surface area is 212 Å². The first-order valence-corrected chi connectivity index (χ1v) is 13.5. The Balaban J connectivity index is 1.50. The molecular weight excluding hydrogens is 455 g/mol. The Morgan fingerprint density at radius 3 is 1.94 bits per heavy atom.